The predicted octanol–water partition coefficient (Wildman–Crippen LogP) is 2.54. The van der Waals surface area contributed by atoms with E-state index in [4.69, 9.17) is 9.72 Å². The van der Waals surface area contributed by atoms with E-state index in [2.05, 4.69) is 11.6 Å². The van der Waals surface area contributed by atoms with E-state index >= 15 is 0 Å². The molecule has 0 amide bonds. The molecular weight excluding hydrogens is 418 g/mol. The molecule has 0 bridgehead atoms. The van der Waals surface area contributed by atoms with Crippen LogP contribution in [0.3, 0.4) is 0 Å². The van der Waals surface area contributed by atoms with Gasteiger partial charge in [-0.3, -0.25) is 9.36 Å². The third-order valence-corrected chi connectivity index (χ3v) is 7.59. The molecule has 1 saturated heterocycles. The Morgan fingerprint density at radius 2 is 2.21 bits per heavy atom. The predicted molar refractivity (Wildman–Crippen MR) is 115 cm³/mol. The molecule has 3 heterocycles. The lowest BCUT2D eigenvalue weighted by Crippen LogP contribution is -2.29. The number of hydrogen-bond donors (Lipinski definition) is 1. The van der Waals surface area contributed by atoms with Gasteiger partial charge in [-0.05, 0) is 38.2 Å². The molecule has 1 aliphatic heterocycles. The van der Waals surface area contributed by atoms with Crippen LogP contribution in [0.25, 0.3) is 10.2 Å². The first-order chi connectivity index (χ1) is 13.3. The van der Waals surface area contributed by atoms with E-state index < -0.39 is 10.0 Å². The lowest BCUT2D eigenvalue weighted by molar-refractivity contribution is 0.0937. The summed E-state index contributed by atoms with van der Waals surface area (Å²) in [7, 11) is -3.18. The van der Waals surface area contributed by atoms with E-state index in [1.807, 2.05) is 6.92 Å². The van der Waals surface area contributed by atoms with Gasteiger partial charge in [0.2, 0.25) is 10.0 Å². The number of thiophene rings is 1. The number of rotatable bonds is 9. The van der Waals surface area contributed by atoms with Crippen molar-refractivity contribution < 1.29 is 13.2 Å². The van der Waals surface area contributed by atoms with Crippen molar-refractivity contribution in [2.75, 3.05) is 25.2 Å². The molecular formula is C18H27N3O4S3. The Morgan fingerprint density at radius 3 is 2.86 bits per heavy atom. The lowest BCUT2D eigenvalue weighted by atomic mass is 10.1. The Hall–Kier alpha value is -0.940. The number of hydrogen-bond acceptors (Lipinski definition) is 7. The van der Waals surface area contributed by atoms with E-state index in [-0.39, 0.29) is 11.7 Å². The van der Waals surface area contributed by atoms with Crippen LogP contribution in [-0.2, 0) is 27.7 Å². The van der Waals surface area contributed by atoms with E-state index in [9.17, 15) is 13.2 Å². The van der Waals surface area contributed by atoms with Gasteiger partial charge >= 0.3 is 0 Å². The number of fused-ring (bicyclic) bond motifs is 1. The van der Waals surface area contributed by atoms with Crippen LogP contribution in [0.2, 0.25) is 0 Å². The van der Waals surface area contributed by atoms with E-state index in [0.29, 0.717) is 30.4 Å². The van der Waals surface area contributed by atoms with Crippen LogP contribution in [-0.4, -0.2) is 49.2 Å². The van der Waals surface area contributed by atoms with Gasteiger partial charge in [0.25, 0.3) is 5.56 Å². The highest BCUT2D eigenvalue weighted by molar-refractivity contribution is 7.99. The molecule has 1 aliphatic rings. The average Bonchev–Trinajstić information content (AvgIpc) is 3.23. The molecule has 2 aromatic heterocycles. The van der Waals surface area contributed by atoms with Crippen LogP contribution in [0, 0.1) is 6.92 Å². The zero-order chi connectivity index (χ0) is 20.3. The zero-order valence-corrected chi connectivity index (χ0v) is 18.9. The maximum Gasteiger partial charge on any atom is 0.263 e. The number of nitrogens with one attached hydrogen (secondary N) is 1. The van der Waals surface area contributed by atoms with Crippen LogP contribution in [0.5, 0.6) is 0 Å². The largest absolute Gasteiger partial charge is 0.376 e. The van der Waals surface area contributed by atoms with E-state index in [0.717, 1.165) is 52.8 Å². The summed E-state index contributed by atoms with van der Waals surface area (Å²) in [6.07, 6.45) is 4.65. The number of nitrogens with zero attached hydrogens (tertiary/aromatic N) is 2. The summed E-state index contributed by atoms with van der Waals surface area (Å²) in [6, 6.07) is 0. The summed E-state index contributed by atoms with van der Waals surface area (Å²) < 4.78 is 32.4. The molecule has 3 rings (SSSR count). The van der Waals surface area contributed by atoms with Crippen molar-refractivity contribution in [3.8, 4) is 0 Å². The van der Waals surface area contributed by atoms with Gasteiger partial charge in [-0.2, -0.15) is 0 Å². The van der Waals surface area contributed by atoms with Crippen molar-refractivity contribution in [2.24, 2.45) is 0 Å². The molecule has 2 aromatic rings. The molecule has 1 unspecified atom stereocenters. The topological polar surface area (TPSA) is 90.3 Å². The lowest BCUT2D eigenvalue weighted by Gasteiger charge is -2.16. The molecule has 0 saturated carbocycles. The van der Waals surface area contributed by atoms with Crippen molar-refractivity contribution >= 4 is 43.3 Å². The SMILES string of the molecule is CCc1c(C)sc2nc(SCCCNS(C)(=O)=O)n(CC3CCCO3)c(=O)c12. The Labute approximate surface area is 173 Å². The minimum atomic E-state index is -3.18. The zero-order valence-electron chi connectivity index (χ0n) is 16.5. The quantitative estimate of drug-likeness (QED) is 0.362. The number of aromatic nitrogens is 2. The van der Waals surface area contributed by atoms with Gasteiger partial charge in [0.15, 0.2) is 5.16 Å². The normalized spacial score (nSPS) is 17.6. The molecule has 1 N–H and O–H groups in total. The first-order valence-electron chi connectivity index (χ1n) is 9.52. The van der Waals surface area contributed by atoms with Crippen molar-refractivity contribution in [3.63, 3.8) is 0 Å². The highest BCUT2D eigenvalue weighted by Gasteiger charge is 2.22. The minimum absolute atomic E-state index is 0.0125. The Morgan fingerprint density at radius 1 is 1.43 bits per heavy atom. The number of thioether (sulfide) groups is 1. The van der Waals surface area contributed by atoms with Crippen LogP contribution in [0.1, 0.15) is 36.6 Å². The number of aryl methyl sites for hydroxylation is 2. The summed E-state index contributed by atoms with van der Waals surface area (Å²) in [5.74, 6) is 0.678. The highest BCUT2D eigenvalue weighted by atomic mass is 32.2. The first kappa shape index (κ1) is 21.8. The minimum Gasteiger partial charge on any atom is -0.376 e. The molecule has 1 fully saturated rings. The fraction of sp³-hybridized carbons (Fsp3) is 0.667. The Balaban J connectivity index is 1.87. The molecule has 10 heteroatoms. The smallest absolute Gasteiger partial charge is 0.263 e. The molecule has 0 spiro atoms. The second-order valence-corrected chi connectivity index (χ2v) is 11.1. The van der Waals surface area contributed by atoms with Gasteiger partial charge < -0.3 is 4.74 Å². The summed E-state index contributed by atoms with van der Waals surface area (Å²) >= 11 is 3.07. The number of ether oxygens (including phenoxy) is 1. The fourth-order valence-electron chi connectivity index (χ4n) is 3.41. The van der Waals surface area contributed by atoms with Crippen molar-refractivity contribution in [2.45, 2.75) is 57.3 Å². The standard InChI is InChI=1S/C18H27N3O4S3/c1-4-14-12(2)27-16-15(14)17(22)21(11-13-7-5-9-25-13)18(20-16)26-10-6-8-19-28(3,23)24/h13,19H,4-11H2,1-3H3. The monoisotopic (exact) mass is 445 g/mol. The number of sulfonamides is 1. The van der Waals surface area contributed by atoms with Crippen molar-refractivity contribution in [1.82, 2.24) is 14.3 Å². The third kappa shape index (κ3) is 5.15. The van der Waals surface area contributed by atoms with Crippen LogP contribution in [0.15, 0.2) is 9.95 Å². The van der Waals surface area contributed by atoms with Crippen LogP contribution < -0.4 is 10.3 Å². The Kier molecular flexibility index (Phi) is 7.19. The van der Waals surface area contributed by atoms with Gasteiger partial charge in [-0.25, -0.2) is 18.1 Å². The van der Waals surface area contributed by atoms with Crippen LogP contribution >= 0.6 is 23.1 Å². The maximum absolute atomic E-state index is 13.3. The van der Waals surface area contributed by atoms with Crippen molar-refractivity contribution in [3.05, 3.63) is 20.8 Å². The molecule has 156 valence electrons. The van der Waals surface area contributed by atoms with Gasteiger partial charge in [0.05, 0.1) is 24.3 Å². The third-order valence-electron chi connectivity index (χ3n) is 4.76. The summed E-state index contributed by atoms with van der Waals surface area (Å²) in [4.78, 5) is 20.1. The van der Waals surface area contributed by atoms with Gasteiger partial charge in [0.1, 0.15) is 4.83 Å². The molecule has 7 nitrogen and oxygen atoms in total. The highest BCUT2D eigenvalue weighted by Crippen LogP contribution is 2.30. The summed E-state index contributed by atoms with van der Waals surface area (Å²) in [6.45, 7) is 5.74. The van der Waals surface area contributed by atoms with Gasteiger partial charge in [0, 0.05) is 23.8 Å². The van der Waals surface area contributed by atoms with E-state index in [1.165, 1.54) is 11.8 Å². The fourth-order valence-corrected chi connectivity index (χ4v) is 6.03. The second kappa shape index (κ2) is 9.25. The second-order valence-electron chi connectivity index (χ2n) is 6.98. The summed E-state index contributed by atoms with van der Waals surface area (Å²) in [5, 5.41) is 1.43. The Bertz CT molecular complexity index is 992. The van der Waals surface area contributed by atoms with Gasteiger partial charge in [-0.1, -0.05) is 18.7 Å². The molecule has 0 radical (unpaired) electrons. The molecule has 1 atom stereocenters. The van der Waals surface area contributed by atoms with Crippen molar-refractivity contribution in [1.29, 1.82) is 0 Å². The summed E-state index contributed by atoms with van der Waals surface area (Å²) in [5.41, 5.74) is 1.10. The van der Waals surface area contributed by atoms with Gasteiger partial charge in [-0.15, -0.1) is 11.3 Å². The first-order valence-corrected chi connectivity index (χ1v) is 13.2. The average molecular weight is 446 g/mol. The molecule has 0 aromatic carbocycles. The maximum atomic E-state index is 13.3. The molecule has 0 aliphatic carbocycles. The van der Waals surface area contributed by atoms with Crippen LogP contribution in [0.4, 0.5) is 0 Å². The van der Waals surface area contributed by atoms with E-state index in [1.54, 1.807) is 15.9 Å². The molecule has 28 heavy (non-hydrogen) atoms.